The number of thioether (sulfide) groups is 2. The first kappa shape index (κ1) is 14.6. The highest BCUT2D eigenvalue weighted by Crippen LogP contribution is 2.60. The smallest absolute Gasteiger partial charge is 0.282 e. The second-order valence-corrected chi connectivity index (χ2v) is 7.56. The molecule has 0 bridgehead atoms. The van der Waals surface area contributed by atoms with E-state index in [1.54, 1.807) is 6.07 Å². The SMILES string of the molecule is [C-]#[N+]/C(C#N)=C1/Sc2c(O)cc(C(C)(C)C)c(O)c2S1. The van der Waals surface area contributed by atoms with Crippen molar-refractivity contribution in [1.82, 2.24) is 0 Å². The highest BCUT2D eigenvalue weighted by atomic mass is 32.2. The van der Waals surface area contributed by atoms with E-state index in [0.717, 1.165) is 23.5 Å². The van der Waals surface area contributed by atoms with Gasteiger partial charge in [0.1, 0.15) is 11.5 Å². The van der Waals surface area contributed by atoms with Crippen molar-refractivity contribution in [2.24, 2.45) is 0 Å². The van der Waals surface area contributed by atoms with Crippen LogP contribution in [0.3, 0.4) is 0 Å². The fraction of sp³-hybridized carbons (Fsp3) is 0.286. The predicted molar refractivity (Wildman–Crippen MR) is 79.4 cm³/mol. The Bertz CT molecular complexity index is 688. The number of rotatable bonds is 0. The molecule has 1 aliphatic heterocycles. The van der Waals surface area contributed by atoms with Gasteiger partial charge in [0.2, 0.25) is 0 Å². The van der Waals surface area contributed by atoms with Crippen molar-refractivity contribution in [2.45, 2.75) is 36.0 Å². The Hall–Kier alpha value is -1.76. The average Bonchev–Trinajstić information content (AvgIpc) is 2.79. The summed E-state index contributed by atoms with van der Waals surface area (Å²) in [6.07, 6.45) is 0. The topological polar surface area (TPSA) is 68.6 Å². The van der Waals surface area contributed by atoms with Crippen LogP contribution in [0.2, 0.25) is 0 Å². The number of phenols is 2. The lowest BCUT2D eigenvalue weighted by atomic mass is 9.86. The lowest BCUT2D eigenvalue weighted by Gasteiger charge is -2.22. The van der Waals surface area contributed by atoms with Crippen LogP contribution in [0, 0.1) is 17.9 Å². The zero-order valence-electron chi connectivity index (χ0n) is 11.2. The minimum atomic E-state index is -0.313. The van der Waals surface area contributed by atoms with E-state index >= 15 is 0 Å². The minimum absolute atomic E-state index is 0.0210. The molecule has 4 nitrogen and oxygen atoms in total. The predicted octanol–water partition coefficient (Wildman–Crippen LogP) is 4.21. The van der Waals surface area contributed by atoms with Crippen LogP contribution in [0.4, 0.5) is 0 Å². The zero-order valence-corrected chi connectivity index (χ0v) is 12.8. The van der Waals surface area contributed by atoms with E-state index in [0.29, 0.717) is 19.6 Å². The van der Waals surface area contributed by atoms with Crippen molar-refractivity contribution in [3.8, 4) is 17.6 Å². The molecule has 0 saturated heterocycles. The largest absolute Gasteiger partial charge is 0.507 e. The maximum Gasteiger partial charge on any atom is 0.282 e. The van der Waals surface area contributed by atoms with Crippen LogP contribution >= 0.6 is 23.5 Å². The number of hydrogen-bond donors (Lipinski definition) is 2. The molecule has 0 aliphatic carbocycles. The van der Waals surface area contributed by atoms with Crippen LogP contribution in [0.5, 0.6) is 11.5 Å². The second-order valence-electron chi connectivity index (χ2n) is 5.26. The summed E-state index contributed by atoms with van der Waals surface area (Å²) in [6, 6.07) is 3.38. The Morgan fingerprint density at radius 3 is 2.40 bits per heavy atom. The summed E-state index contributed by atoms with van der Waals surface area (Å²) in [6.45, 7) is 12.8. The number of fused-ring (bicyclic) bond motifs is 1. The van der Waals surface area contributed by atoms with E-state index in [1.165, 1.54) is 0 Å². The number of nitrogens with zero attached hydrogens (tertiary/aromatic N) is 2. The third kappa shape index (κ3) is 2.33. The monoisotopic (exact) mass is 304 g/mol. The second kappa shape index (κ2) is 4.97. The average molecular weight is 304 g/mol. The molecule has 0 radical (unpaired) electrons. The van der Waals surface area contributed by atoms with Crippen molar-refractivity contribution in [3.05, 3.63) is 33.0 Å². The molecule has 0 fully saturated rings. The molecular formula is C14H12N2O2S2. The molecular weight excluding hydrogens is 292 g/mol. The van der Waals surface area contributed by atoms with Gasteiger partial charge in [0.25, 0.3) is 5.70 Å². The van der Waals surface area contributed by atoms with Crippen LogP contribution in [0.25, 0.3) is 4.85 Å². The number of allylic oxidation sites excluding steroid dienone is 1. The molecule has 1 aromatic carbocycles. The maximum atomic E-state index is 10.4. The first-order chi connectivity index (χ1) is 9.29. The Balaban J connectivity index is 2.63. The van der Waals surface area contributed by atoms with E-state index in [2.05, 4.69) is 4.85 Å². The van der Waals surface area contributed by atoms with Gasteiger partial charge in [-0.15, -0.1) is 0 Å². The summed E-state index contributed by atoms with van der Waals surface area (Å²) in [5.41, 5.74) is 0.309. The molecule has 1 heterocycles. The van der Waals surface area contributed by atoms with Gasteiger partial charge < -0.3 is 10.2 Å². The van der Waals surface area contributed by atoms with Gasteiger partial charge in [0, 0.05) is 5.56 Å². The zero-order chi connectivity index (χ0) is 15.1. The summed E-state index contributed by atoms with van der Waals surface area (Å²) in [5, 5.41) is 29.4. The van der Waals surface area contributed by atoms with Crippen molar-refractivity contribution < 1.29 is 10.2 Å². The third-order valence-electron chi connectivity index (χ3n) is 2.80. The number of nitriles is 1. The van der Waals surface area contributed by atoms with Gasteiger partial charge in [0.15, 0.2) is 0 Å². The summed E-state index contributed by atoms with van der Waals surface area (Å²) in [4.78, 5) is 4.19. The van der Waals surface area contributed by atoms with Crippen molar-refractivity contribution >= 4 is 23.5 Å². The molecule has 102 valence electrons. The molecule has 2 N–H and O–H groups in total. The molecule has 6 heteroatoms. The van der Waals surface area contributed by atoms with Crippen molar-refractivity contribution in [1.29, 1.82) is 5.26 Å². The lowest BCUT2D eigenvalue weighted by molar-refractivity contribution is 0.413. The van der Waals surface area contributed by atoms with Gasteiger partial charge in [-0.05, 0) is 11.5 Å². The quantitative estimate of drug-likeness (QED) is 0.427. The first-order valence-corrected chi connectivity index (χ1v) is 7.39. The molecule has 0 amide bonds. The normalized spacial score (nSPS) is 16.2. The molecule has 2 rings (SSSR count). The highest BCUT2D eigenvalue weighted by molar-refractivity contribution is 8.24. The minimum Gasteiger partial charge on any atom is -0.507 e. The third-order valence-corrected chi connectivity index (χ3v) is 5.40. The molecule has 0 unspecified atom stereocenters. The number of benzene rings is 1. The first-order valence-electron chi connectivity index (χ1n) is 5.76. The Labute approximate surface area is 125 Å². The molecule has 0 spiro atoms. The van der Waals surface area contributed by atoms with E-state index in [4.69, 9.17) is 11.8 Å². The summed E-state index contributed by atoms with van der Waals surface area (Å²) < 4.78 is 0.495. The summed E-state index contributed by atoms with van der Waals surface area (Å²) in [5.74, 6) is 0.178. The van der Waals surface area contributed by atoms with Crippen LogP contribution in [-0.4, -0.2) is 10.2 Å². The molecule has 1 aromatic rings. The van der Waals surface area contributed by atoms with Gasteiger partial charge in [-0.1, -0.05) is 44.3 Å². The fourth-order valence-electron chi connectivity index (χ4n) is 1.80. The Morgan fingerprint density at radius 1 is 1.30 bits per heavy atom. The number of hydrogen-bond acceptors (Lipinski definition) is 5. The van der Waals surface area contributed by atoms with E-state index in [9.17, 15) is 10.2 Å². The maximum absolute atomic E-state index is 10.4. The van der Waals surface area contributed by atoms with E-state index < -0.39 is 0 Å². The van der Waals surface area contributed by atoms with Gasteiger partial charge in [-0.3, -0.25) is 0 Å². The van der Waals surface area contributed by atoms with Gasteiger partial charge in [-0.2, -0.15) is 0 Å². The van der Waals surface area contributed by atoms with Crippen molar-refractivity contribution in [3.63, 3.8) is 0 Å². The summed E-state index contributed by atoms with van der Waals surface area (Å²) >= 11 is 2.31. The van der Waals surface area contributed by atoms with Crippen molar-refractivity contribution in [2.75, 3.05) is 0 Å². The molecule has 0 aromatic heterocycles. The number of phenolic OH excluding ortho intramolecular Hbond substituents is 2. The van der Waals surface area contributed by atoms with Crippen LogP contribution in [0.1, 0.15) is 26.3 Å². The van der Waals surface area contributed by atoms with Crippen LogP contribution in [0.15, 0.2) is 25.8 Å². The van der Waals surface area contributed by atoms with Gasteiger partial charge in [-0.25, -0.2) is 10.1 Å². The standard InChI is InChI=1S/C14H12N2O2S2/c1-14(2,3)7-5-9(17)11-12(10(7)18)20-13(19-11)8(6-15)16-4/h5,17-18H,1-3H3/b13-8-. The number of aromatic hydroxyl groups is 2. The van der Waals surface area contributed by atoms with E-state index in [-0.39, 0.29) is 22.6 Å². The van der Waals surface area contributed by atoms with Crippen LogP contribution < -0.4 is 0 Å². The van der Waals surface area contributed by atoms with E-state index in [1.807, 2.05) is 26.8 Å². The fourth-order valence-corrected chi connectivity index (χ4v) is 4.22. The molecule has 1 aliphatic rings. The highest BCUT2D eigenvalue weighted by Gasteiger charge is 2.31. The molecule has 0 atom stereocenters. The lowest BCUT2D eigenvalue weighted by Crippen LogP contribution is -2.11. The molecule has 20 heavy (non-hydrogen) atoms. The van der Waals surface area contributed by atoms with Gasteiger partial charge >= 0.3 is 0 Å². The van der Waals surface area contributed by atoms with Gasteiger partial charge in [0.05, 0.1) is 26.7 Å². The van der Waals surface area contributed by atoms with Crippen LogP contribution in [-0.2, 0) is 5.41 Å². The Morgan fingerprint density at radius 2 is 1.90 bits per heavy atom. The summed E-state index contributed by atoms with van der Waals surface area (Å²) in [7, 11) is 0. The molecule has 0 saturated carbocycles. The Kier molecular flexibility index (Phi) is 3.64.